The van der Waals surface area contributed by atoms with E-state index >= 15 is 0 Å². The van der Waals surface area contributed by atoms with Gasteiger partial charge in [0, 0.05) is 68.7 Å². The van der Waals surface area contributed by atoms with E-state index in [1.165, 1.54) is 0 Å². The van der Waals surface area contributed by atoms with Gasteiger partial charge in [0.25, 0.3) is 5.91 Å². The van der Waals surface area contributed by atoms with Crippen LogP contribution in [-0.2, 0) is 9.53 Å². The lowest BCUT2D eigenvalue weighted by Gasteiger charge is -2.46. The monoisotopic (exact) mass is 660 g/mol. The SMILES string of the molecule is Cc1cc(Oc2ccccc2)ccc1-c1nc([C@@H]2CCCN(C(=O)C(C#N)=CC(C)(C)N3CCN(C4COC4)CC3)C2)n2ccnc(N)c12. The van der Waals surface area contributed by atoms with E-state index in [-0.39, 0.29) is 17.4 Å². The van der Waals surface area contributed by atoms with E-state index in [0.29, 0.717) is 24.9 Å². The van der Waals surface area contributed by atoms with Crippen molar-refractivity contribution in [1.29, 1.82) is 5.26 Å². The Morgan fingerprint density at radius 3 is 2.55 bits per heavy atom. The van der Waals surface area contributed by atoms with E-state index in [9.17, 15) is 10.1 Å². The number of fused-ring (bicyclic) bond motifs is 1. The van der Waals surface area contributed by atoms with Crippen molar-refractivity contribution >= 4 is 17.2 Å². The molecule has 2 N–H and O–H groups in total. The number of aryl methyl sites for hydroxylation is 1. The molecule has 0 radical (unpaired) electrons. The van der Waals surface area contributed by atoms with Gasteiger partial charge >= 0.3 is 0 Å². The summed E-state index contributed by atoms with van der Waals surface area (Å²) < 4.78 is 13.5. The van der Waals surface area contributed by atoms with Gasteiger partial charge in [-0.15, -0.1) is 0 Å². The third-order valence-corrected chi connectivity index (χ3v) is 10.2. The van der Waals surface area contributed by atoms with E-state index in [0.717, 1.165) is 91.9 Å². The molecule has 0 aliphatic carbocycles. The van der Waals surface area contributed by atoms with Crippen LogP contribution in [0.4, 0.5) is 5.82 Å². The molecule has 11 nitrogen and oxygen atoms in total. The van der Waals surface area contributed by atoms with Gasteiger partial charge in [0.15, 0.2) is 0 Å². The maximum Gasteiger partial charge on any atom is 0.264 e. The largest absolute Gasteiger partial charge is 0.457 e. The molecule has 2 aromatic carbocycles. The number of hydrogen-bond acceptors (Lipinski definition) is 9. The number of amides is 1. The van der Waals surface area contributed by atoms with Crippen molar-refractivity contribution in [2.45, 2.75) is 51.1 Å². The van der Waals surface area contributed by atoms with Gasteiger partial charge in [0.05, 0.1) is 19.3 Å². The van der Waals surface area contributed by atoms with Crippen molar-refractivity contribution in [3.05, 3.63) is 84.0 Å². The highest BCUT2D eigenvalue weighted by molar-refractivity contribution is 5.97. The van der Waals surface area contributed by atoms with E-state index in [1.54, 1.807) is 6.20 Å². The highest BCUT2D eigenvalue weighted by atomic mass is 16.5. The van der Waals surface area contributed by atoms with Crippen LogP contribution in [0.2, 0.25) is 0 Å². The summed E-state index contributed by atoms with van der Waals surface area (Å²) in [4.78, 5) is 30.2. The van der Waals surface area contributed by atoms with E-state index in [4.69, 9.17) is 20.2 Å². The van der Waals surface area contributed by atoms with Gasteiger partial charge < -0.3 is 20.1 Å². The normalized spacial score (nSPS) is 19.8. The molecule has 1 atom stereocenters. The summed E-state index contributed by atoms with van der Waals surface area (Å²) in [6.07, 6.45) is 7.11. The molecule has 254 valence electrons. The third-order valence-electron chi connectivity index (χ3n) is 10.2. The van der Waals surface area contributed by atoms with Crippen molar-refractivity contribution in [2.24, 2.45) is 0 Å². The molecule has 3 aliphatic heterocycles. The predicted octanol–water partition coefficient (Wildman–Crippen LogP) is 5.03. The van der Waals surface area contributed by atoms with Gasteiger partial charge in [-0.3, -0.25) is 19.0 Å². The molecule has 0 spiro atoms. The Labute approximate surface area is 287 Å². The number of aromatic nitrogens is 3. The molecule has 4 aromatic rings. The van der Waals surface area contributed by atoms with Gasteiger partial charge in [-0.2, -0.15) is 5.26 Å². The van der Waals surface area contributed by atoms with Gasteiger partial charge in [-0.25, -0.2) is 9.97 Å². The molecular formula is C38H44N8O3. The number of piperidine rings is 1. The number of nitrogen functional groups attached to an aromatic ring is 1. The summed E-state index contributed by atoms with van der Waals surface area (Å²) in [7, 11) is 0. The predicted molar refractivity (Wildman–Crippen MR) is 188 cm³/mol. The molecule has 3 aliphatic rings. The number of nitrogens with zero attached hydrogens (tertiary/aromatic N) is 7. The second-order valence-corrected chi connectivity index (χ2v) is 13.9. The third kappa shape index (κ3) is 6.64. The molecule has 1 amide bonds. The first-order valence-corrected chi connectivity index (χ1v) is 17.2. The Morgan fingerprint density at radius 1 is 1.08 bits per heavy atom. The van der Waals surface area contributed by atoms with E-state index < -0.39 is 5.54 Å². The zero-order chi connectivity index (χ0) is 34.1. The number of hydrogen-bond donors (Lipinski definition) is 1. The first-order valence-electron chi connectivity index (χ1n) is 17.2. The van der Waals surface area contributed by atoms with Crippen molar-refractivity contribution in [2.75, 3.05) is 58.2 Å². The fraction of sp³-hybridized carbons (Fsp3) is 0.421. The topological polar surface area (TPSA) is 125 Å². The van der Waals surface area contributed by atoms with E-state index in [2.05, 4.69) is 34.7 Å². The number of rotatable bonds is 8. The summed E-state index contributed by atoms with van der Waals surface area (Å²) >= 11 is 0. The van der Waals surface area contributed by atoms with Crippen LogP contribution >= 0.6 is 0 Å². The van der Waals surface area contributed by atoms with Crippen molar-refractivity contribution in [3.8, 4) is 28.8 Å². The van der Waals surface area contributed by atoms with Gasteiger partial charge in [0.1, 0.15) is 46.0 Å². The second-order valence-electron chi connectivity index (χ2n) is 13.9. The van der Waals surface area contributed by atoms with Crippen LogP contribution in [0, 0.1) is 18.3 Å². The lowest BCUT2D eigenvalue weighted by atomic mass is 9.94. The van der Waals surface area contributed by atoms with Crippen LogP contribution in [0.1, 0.15) is 44.0 Å². The Hall–Kier alpha value is -4.76. The highest BCUT2D eigenvalue weighted by Crippen LogP contribution is 2.37. The molecule has 3 saturated heterocycles. The fourth-order valence-corrected chi connectivity index (χ4v) is 7.38. The van der Waals surface area contributed by atoms with Crippen LogP contribution < -0.4 is 10.5 Å². The number of carbonyl (C=O) groups is 1. The van der Waals surface area contributed by atoms with E-state index in [1.807, 2.05) is 77.0 Å². The molecular weight excluding hydrogens is 616 g/mol. The molecule has 11 heteroatoms. The Morgan fingerprint density at radius 2 is 1.86 bits per heavy atom. The standard InChI is InChI=1S/C38H44N8O3/c1-26-20-31(49-30-9-5-4-6-10-30)11-12-32(26)33-34-35(40)41-13-15-46(34)36(42-33)27-8-7-14-44(23-27)37(47)28(22-39)21-38(2,3)45-18-16-43(17-19-45)29-24-48-25-29/h4-6,9-13,15,20-21,27,29H,7-8,14,16-19,23-25H2,1-3H3,(H2,40,41)/t27-/m1/s1. The number of nitriles is 1. The van der Waals surface area contributed by atoms with Crippen molar-refractivity contribution < 1.29 is 14.3 Å². The molecule has 3 fully saturated rings. The molecule has 0 bridgehead atoms. The minimum Gasteiger partial charge on any atom is -0.457 e. The Balaban J connectivity index is 1.11. The summed E-state index contributed by atoms with van der Waals surface area (Å²) in [5.74, 6) is 2.46. The van der Waals surface area contributed by atoms with Gasteiger partial charge in [-0.05, 0) is 75.6 Å². The number of nitrogens with two attached hydrogens (primary N) is 1. The first kappa shape index (κ1) is 32.8. The highest BCUT2D eigenvalue weighted by Gasteiger charge is 2.35. The number of anilines is 1. The maximum absolute atomic E-state index is 13.9. The number of benzene rings is 2. The lowest BCUT2D eigenvalue weighted by molar-refractivity contribution is -0.128. The minimum atomic E-state index is -0.434. The van der Waals surface area contributed by atoms with Crippen LogP contribution in [0.5, 0.6) is 11.5 Å². The first-order chi connectivity index (χ1) is 23.7. The van der Waals surface area contributed by atoms with Crippen LogP contribution in [0.25, 0.3) is 16.8 Å². The lowest BCUT2D eigenvalue weighted by Crippen LogP contribution is -2.59. The number of carbonyl (C=O) groups excluding carboxylic acids is 1. The number of piperazine rings is 1. The molecule has 49 heavy (non-hydrogen) atoms. The quantitative estimate of drug-likeness (QED) is 0.205. The molecule has 5 heterocycles. The molecule has 0 unspecified atom stereocenters. The van der Waals surface area contributed by atoms with Crippen molar-refractivity contribution in [1.82, 2.24) is 29.1 Å². The fourth-order valence-electron chi connectivity index (χ4n) is 7.38. The minimum absolute atomic E-state index is 0.0433. The smallest absolute Gasteiger partial charge is 0.264 e. The number of imidazole rings is 1. The summed E-state index contributed by atoms with van der Waals surface area (Å²) in [5, 5.41) is 10.2. The number of para-hydroxylation sites is 1. The van der Waals surface area contributed by atoms with Gasteiger partial charge in [0.2, 0.25) is 0 Å². The summed E-state index contributed by atoms with van der Waals surface area (Å²) in [5.41, 5.74) is 9.66. The average Bonchev–Trinajstić information content (AvgIpc) is 3.48. The summed E-state index contributed by atoms with van der Waals surface area (Å²) in [6, 6.07) is 18.4. The van der Waals surface area contributed by atoms with Crippen LogP contribution in [-0.4, -0.2) is 99.0 Å². The Kier molecular flexibility index (Phi) is 9.11. The van der Waals surface area contributed by atoms with Gasteiger partial charge in [-0.1, -0.05) is 18.2 Å². The van der Waals surface area contributed by atoms with Crippen molar-refractivity contribution in [3.63, 3.8) is 0 Å². The van der Waals surface area contributed by atoms with Crippen LogP contribution in [0.15, 0.2) is 72.6 Å². The second kappa shape index (κ2) is 13.6. The Bertz CT molecular complexity index is 1900. The number of likely N-dealkylation sites (tertiary alicyclic amines) is 1. The number of ether oxygens (including phenoxy) is 2. The molecule has 2 aromatic heterocycles. The molecule has 7 rings (SSSR count). The molecule has 0 saturated carbocycles. The van der Waals surface area contributed by atoms with Crippen LogP contribution in [0.3, 0.4) is 0 Å². The summed E-state index contributed by atoms with van der Waals surface area (Å²) in [6.45, 7) is 12.6. The zero-order valence-electron chi connectivity index (χ0n) is 28.5. The maximum atomic E-state index is 13.9. The average molecular weight is 661 g/mol. The zero-order valence-corrected chi connectivity index (χ0v) is 28.5.